The molecule has 1 N–H and O–H groups in total. The fourth-order valence-electron chi connectivity index (χ4n) is 1.75. The predicted molar refractivity (Wildman–Crippen MR) is 72.2 cm³/mol. The number of hydrogen-bond donors (Lipinski definition) is 1. The van der Waals surface area contributed by atoms with E-state index in [2.05, 4.69) is 5.32 Å². The molecule has 2 nitrogen and oxygen atoms in total. The summed E-state index contributed by atoms with van der Waals surface area (Å²) >= 11 is 0. The second kappa shape index (κ2) is 6.29. The van der Waals surface area contributed by atoms with Crippen LogP contribution >= 0.6 is 0 Å². The Bertz CT molecular complexity index is 444. The number of amides is 1. The van der Waals surface area contributed by atoms with Gasteiger partial charge < -0.3 is 5.32 Å². The first-order valence-corrected chi connectivity index (χ1v) is 6.51. The summed E-state index contributed by atoms with van der Waals surface area (Å²) in [6.07, 6.45) is -3.35. The molecule has 0 unspecified atom stereocenters. The van der Waals surface area contributed by atoms with Gasteiger partial charge in [0.1, 0.15) is 0 Å². The lowest BCUT2D eigenvalue weighted by atomic mass is 9.92. The van der Waals surface area contributed by atoms with E-state index in [0.29, 0.717) is 19.4 Å². The van der Waals surface area contributed by atoms with Crippen LogP contribution < -0.4 is 5.32 Å². The molecule has 0 spiro atoms. The molecule has 112 valence electrons. The molecule has 0 saturated carbocycles. The van der Waals surface area contributed by atoms with Crippen molar-refractivity contribution >= 4 is 5.91 Å². The van der Waals surface area contributed by atoms with Gasteiger partial charge in [-0.1, -0.05) is 32.9 Å². The van der Waals surface area contributed by atoms with E-state index in [1.54, 1.807) is 0 Å². The fraction of sp³-hybridized carbons (Fsp3) is 0.533. The molecule has 20 heavy (non-hydrogen) atoms. The van der Waals surface area contributed by atoms with Gasteiger partial charge in [0.05, 0.1) is 5.56 Å². The summed E-state index contributed by atoms with van der Waals surface area (Å²) in [5, 5.41) is 2.77. The lowest BCUT2D eigenvalue weighted by Crippen LogP contribution is -2.29. The van der Waals surface area contributed by atoms with Crippen LogP contribution in [0.4, 0.5) is 13.2 Å². The van der Waals surface area contributed by atoms with Crippen LogP contribution in [0, 0.1) is 5.41 Å². The van der Waals surface area contributed by atoms with Crippen molar-refractivity contribution in [1.82, 2.24) is 5.32 Å². The van der Waals surface area contributed by atoms with Crippen LogP contribution in [-0.2, 0) is 17.4 Å². The van der Waals surface area contributed by atoms with Crippen LogP contribution in [-0.4, -0.2) is 12.5 Å². The zero-order valence-corrected chi connectivity index (χ0v) is 12.0. The molecule has 1 aromatic carbocycles. The number of rotatable bonds is 4. The van der Waals surface area contributed by atoms with E-state index in [0.717, 1.165) is 17.7 Å². The predicted octanol–water partition coefficient (Wildman–Crippen LogP) is 3.80. The quantitative estimate of drug-likeness (QED) is 0.896. The van der Waals surface area contributed by atoms with E-state index in [9.17, 15) is 18.0 Å². The van der Waals surface area contributed by atoms with Crippen LogP contribution in [0.2, 0.25) is 0 Å². The topological polar surface area (TPSA) is 29.1 Å². The Morgan fingerprint density at radius 3 is 2.10 bits per heavy atom. The van der Waals surface area contributed by atoms with Gasteiger partial charge >= 0.3 is 6.18 Å². The number of nitrogens with one attached hydrogen (secondary N) is 1. The van der Waals surface area contributed by atoms with Gasteiger partial charge in [-0.25, -0.2) is 0 Å². The maximum Gasteiger partial charge on any atom is 0.416 e. The highest BCUT2D eigenvalue weighted by atomic mass is 19.4. The first-order valence-electron chi connectivity index (χ1n) is 6.51. The van der Waals surface area contributed by atoms with Gasteiger partial charge in [0, 0.05) is 13.0 Å². The molecule has 0 fully saturated rings. The number of carbonyl (C=O) groups is 1. The number of carbonyl (C=O) groups excluding carboxylic acids is 1. The molecule has 0 aliphatic carbocycles. The summed E-state index contributed by atoms with van der Waals surface area (Å²) in [5.41, 5.74) is 0.0467. The summed E-state index contributed by atoms with van der Waals surface area (Å²) < 4.78 is 37.1. The molecule has 0 bridgehead atoms. The van der Waals surface area contributed by atoms with Crippen molar-refractivity contribution in [3.63, 3.8) is 0 Å². The summed E-state index contributed by atoms with van der Waals surface area (Å²) in [4.78, 5) is 11.6. The Kier molecular flexibility index (Phi) is 5.20. The van der Waals surface area contributed by atoms with Gasteiger partial charge in [-0.15, -0.1) is 0 Å². The normalized spacial score (nSPS) is 12.3. The number of benzene rings is 1. The van der Waals surface area contributed by atoms with Gasteiger partial charge in [-0.05, 0) is 29.5 Å². The van der Waals surface area contributed by atoms with Crippen LogP contribution in [0.1, 0.15) is 38.3 Å². The number of hydrogen-bond acceptors (Lipinski definition) is 1. The summed E-state index contributed by atoms with van der Waals surface area (Å²) in [7, 11) is 0. The Morgan fingerprint density at radius 1 is 1.10 bits per heavy atom. The highest BCUT2D eigenvalue weighted by Crippen LogP contribution is 2.29. The van der Waals surface area contributed by atoms with Crippen molar-refractivity contribution in [1.29, 1.82) is 0 Å². The Balaban J connectivity index is 2.42. The van der Waals surface area contributed by atoms with E-state index in [1.807, 2.05) is 20.8 Å². The Labute approximate surface area is 117 Å². The molecule has 5 heteroatoms. The molecule has 0 heterocycles. The van der Waals surface area contributed by atoms with Crippen molar-refractivity contribution in [2.24, 2.45) is 5.41 Å². The van der Waals surface area contributed by atoms with Gasteiger partial charge in [-0.2, -0.15) is 13.2 Å². The largest absolute Gasteiger partial charge is 0.416 e. The van der Waals surface area contributed by atoms with Crippen molar-refractivity contribution in [2.75, 3.05) is 6.54 Å². The average Bonchev–Trinajstić information content (AvgIpc) is 2.26. The molecule has 0 aliphatic rings. The molecule has 0 aromatic heterocycles. The minimum absolute atomic E-state index is 0.0376. The first kappa shape index (κ1) is 16.5. The lowest BCUT2D eigenvalue weighted by Gasteiger charge is -2.17. The Morgan fingerprint density at radius 2 is 1.65 bits per heavy atom. The van der Waals surface area contributed by atoms with Crippen molar-refractivity contribution in [3.05, 3.63) is 35.4 Å². The standard InChI is InChI=1S/C15H20F3NO/c1-14(2,3)10-13(20)19-9-8-11-4-6-12(7-5-11)15(16,17)18/h4-7H,8-10H2,1-3H3,(H,19,20). The van der Waals surface area contributed by atoms with E-state index in [1.165, 1.54) is 12.1 Å². The molecule has 1 aromatic rings. The molecule has 0 radical (unpaired) electrons. The molecular formula is C15H20F3NO. The van der Waals surface area contributed by atoms with E-state index >= 15 is 0 Å². The van der Waals surface area contributed by atoms with Crippen LogP contribution in [0.3, 0.4) is 0 Å². The maximum atomic E-state index is 12.4. The van der Waals surface area contributed by atoms with Crippen molar-refractivity contribution in [2.45, 2.75) is 39.8 Å². The van der Waals surface area contributed by atoms with Gasteiger partial charge in [0.2, 0.25) is 5.91 Å². The van der Waals surface area contributed by atoms with Crippen LogP contribution in [0.15, 0.2) is 24.3 Å². The molecule has 1 amide bonds. The second-order valence-electron chi connectivity index (χ2n) is 6.03. The molecule has 0 aliphatic heterocycles. The summed E-state index contributed by atoms with van der Waals surface area (Å²) in [5.74, 6) is -0.0376. The highest BCUT2D eigenvalue weighted by Gasteiger charge is 2.29. The minimum Gasteiger partial charge on any atom is -0.356 e. The number of alkyl halides is 3. The third-order valence-corrected chi connectivity index (χ3v) is 2.71. The Hall–Kier alpha value is -1.52. The van der Waals surface area contributed by atoms with E-state index in [4.69, 9.17) is 0 Å². The summed E-state index contributed by atoms with van der Waals surface area (Å²) in [6.45, 7) is 6.35. The second-order valence-corrected chi connectivity index (χ2v) is 6.03. The third-order valence-electron chi connectivity index (χ3n) is 2.71. The first-order chi connectivity index (χ1) is 9.08. The van der Waals surface area contributed by atoms with Crippen LogP contribution in [0.5, 0.6) is 0 Å². The minimum atomic E-state index is -4.31. The van der Waals surface area contributed by atoms with Crippen molar-refractivity contribution in [3.8, 4) is 0 Å². The van der Waals surface area contributed by atoms with Crippen LogP contribution in [0.25, 0.3) is 0 Å². The summed E-state index contributed by atoms with van der Waals surface area (Å²) in [6, 6.07) is 5.01. The highest BCUT2D eigenvalue weighted by molar-refractivity contribution is 5.76. The van der Waals surface area contributed by atoms with E-state index < -0.39 is 11.7 Å². The number of halogens is 3. The molecule has 0 saturated heterocycles. The molecule has 0 atom stereocenters. The maximum absolute atomic E-state index is 12.4. The fourth-order valence-corrected chi connectivity index (χ4v) is 1.75. The smallest absolute Gasteiger partial charge is 0.356 e. The lowest BCUT2D eigenvalue weighted by molar-refractivity contribution is -0.137. The SMILES string of the molecule is CC(C)(C)CC(=O)NCCc1ccc(C(F)(F)F)cc1. The third kappa shape index (κ3) is 6.08. The van der Waals surface area contributed by atoms with Crippen molar-refractivity contribution < 1.29 is 18.0 Å². The zero-order chi connectivity index (χ0) is 15.4. The van der Waals surface area contributed by atoms with Gasteiger partial charge in [0.25, 0.3) is 0 Å². The monoisotopic (exact) mass is 287 g/mol. The van der Waals surface area contributed by atoms with Gasteiger partial charge in [-0.3, -0.25) is 4.79 Å². The zero-order valence-electron chi connectivity index (χ0n) is 12.0. The molecule has 1 rings (SSSR count). The van der Waals surface area contributed by atoms with Gasteiger partial charge in [0.15, 0.2) is 0 Å². The average molecular weight is 287 g/mol. The molecular weight excluding hydrogens is 267 g/mol. The van der Waals surface area contributed by atoms with E-state index in [-0.39, 0.29) is 11.3 Å².